The Kier molecular flexibility index (Phi) is 4.90. The van der Waals surface area contributed by atoms with Crippen LogP contribution >= 0.6 is 0 Å². The Bertz CT molecular complexity index is 297. The molecule has 1 saturated carbocycles. The van der Waals surface area contributed by atoms with Gasteiger partial charge in [0.05, 0.1) is 0 Å². The van der Waals surface area contributed by atoms with E-state index in [1.165, 1.54) is 30.1 Å². The van der Waals surface area contributed by atoms with E-state index in [1.54, 1.807) is 0 Å². The summed E-state index contributed by atoms with van der Waals surface area (Å²) in [6.07, 6.45) is 5.90. The van der Waals surface area contributed by atoms with Gasteiger partial charge in [0, 0.05) is 0 Å². The van der Waals surface area contributed by atoms with E-state index < -0.39 is 0 Å². The fourth-order valence-electron chi connectivity index (χ4n) is 2.28. The van der Waals surface area contributed by atoms with Crippen LogP contribution in [-0.4, -0.2) is 27.7 Å². The van der Waals surface area contributed by atoms with Crippen LogP contribution < -0.4 is 4.46 Å². The molecule has 1 aromatic rings. The standard InChI is InChI=1S/C14H20OSe/c1-2-15-13-10-6-7-11-14(13)16-12-8-4-3-5-9-12/h3-5,8-9,13-14H,2,6-7,10-11H2,1H3/t13-,14-/m1/s1. The molecule has 0 aliphatic heterocycles. The number of benzene rings is 1. The first-order valence-electron chi connectivity index (χ1n) is 6.23. The van der Waals surface area contributed by atoms with Crippen LogP contribution in [0.3, 0.4) is 0 Å². The summed E-state index contributed by atoms with van der Waals surface area (Å²) in [5, 5.41) is 0. The molecule has 1 aromatic carbocycles. The number of ether oxygens (including phenoxy) is 1. The minimum atomic E-state index is 0.527. The van der Waals surface area contributed by atoms with Crippen LogP contribution in [0, 0.1) is 0 Å². The Morgan fingerprint density at radius 1 is 1.19 bits per heavy atom. The van der Waals surface area contributed by atoms with E-state index in [0.717, 1.165) is 11.4 Å². The van der Waals surface area contributed by atoms with Gasteiger partial charge in [-0.1, -0.05) is 0 Å². The molecule has 0 spiro atoms. The van der Waals surface area contributed by atoms with E-state index in [-0.39, 0.29) is 0 Å². The van der Waals surface area contributed by atoms with Gasteiger partial charge >= 0.3 is 105 Å². The Hall–Kier alpha value is -0.301. The van der Waals surface area contributed by atoms with Crippen molar-refractivity contribution in [1.29, 1.82) is 0 Å². The van der Waals surface area contributed by atoms with Crippen molar-refractivity contribution in [3.05, 3.63) is 30.3 Å². The van der Waals surface area contributed by atoms with E-state index >= 15 is 0 Å². The molecule has 0 bridgehead atoms. The molecule has 0 amide bonds. The summed E-state index contributed by atoms with van der Waals surface area (Å²) in [6, 6.07) is 10.9. The Balaban J connectivity index is 1.96. The van der Waals surface area contributed by atoms with Gasteiger partial charge in [0.2, 0.25) is 0 Å². The second kappa shape index (κ2) is 6.44. The molecule has 1 aliphatic rings. The van der Waals surface area contributed by atoms with E-state index in [9.17, 15) is 0 Å². The van der Waals surface area contributed by atoms with Crippen molar-refractivity contribution in [2.24, 2.45) is 0 Å². The maximum atomic E-state index is 5.88. The van der Waals surface area contributed by atoms with Crippen LogP contribution in [0.25, 0.3) is 0 Å². The topological polar surface area (TPSA) is 9.23 Å². The third-order valence-electron chi connectivity index (χ3n) is 3.05. The summed E-state index contributed by atoms with van der Waals surface area (Å²) in [7, 11) is 0. The van der Waals surface area contributed by atoms with Crippen LogP contribution in [0.2, 0.25) is 4.82 Å². The summed E-state index contributed by atoms with van der Waals surface area (Å²) >= 11 is 0.585. The molecule has 2 heteroatoms. The van der Waals surface area contributed by atoms with Crippen molar-refractivity contribution in [3.63, 3.8) is 0 Å². The van der Waals surface area contributed by atoms with Crippen molar-refractivity contribution in [3.8, 4) is 0 Å². The monoisotopic (exact) mass is 284 g/mol. The third-order valence-corrected chi connectivity index (χ3v) is 5.96. The van der Waals surface area contributed by atoms with Crippen molar-refractivity contribution < 1.29 is 4.74 Å². The molecule has 0 N–H and O–H groups in total. The normalized spacial score (nSPS) is 25.6. The van der Waals surface area contributed by atoms with Crippen molar-refractivity contribution in [1.82, 2.24) is 0 Å². The van der Waals surface area contributed by atoms with E-state index in [4.69, 9.17) is 4.74 Å². The minimum absolute atomic E-state index is 0.527. The molecule has 16 heavy (non-hydrogen) atoms. The summed E-state index contributed by atoms with van der Waals surface area (Å²) < 4.78 is 7.40. The van der Waals surface area contributed by atoms with Crippen LogP contribution in [0.4, 0.5) is 0 Å². The zero-order valence-corrected chi connectivity index (χ0v) is 11.6. The van der Waals surface area contributed by atoms with Gasteiger partial charge in [-0.25, -0.2) is 0 Å². The van der Waals surface area contributed by atoms with Gasteiger partial charge in [-0.05, 0) is 0 Å². The summed E-state index contributed by atoms with van der Waals surface area (Å²) in [5.41, 5.74) is 0. The molecule has 2 rings (SSSR count). The summed E-state index contributed by atoms with van der Waals surface area (Å²) in [4.78, 5) is 0.795. The first kappa shape index (κ1) is 12.2. The predicted molar refractivity (Wildman–Crippen MR) is 69.5 cm³/mol. The molecule has 0 radical (unpaired) electrons. The molecular weight excluding hydrogens is 263 g/mol. The van der Waals surface area contributed by atoms with Gasteiger partial charge in [-0.2, -0.15) is 0 Å². The van der Waals surface area contributed by atoms with Crippen molar-refractivity contribution in [2.45, 2.75) is 43.5 Å². The van der Waals surface area contributed by atoms with Crippen LogP contribution in [0.5, 0.6) is 0 Å². The first-order chi connectivity index (χ1) is 7.90. The second-order valence-electron chi connectivity index (χ2n) is 4.25. The van der Waals surface area contributed by atoms with Crippen molar-refractivity contribution in [2.75, 3.05) is 6.61 Å². The fourth-order valence-corrected chi connectivity index (χ4v) is 5.03. The van der Waals surface area contributed by atoms with Gasteiger partial charge in [0.15, 0.2) is 0 Å². The molecule has 0 aromatic heterocycles. The SMILES string of the molecule is CCO[C@@H]1CCCC[C@H]1[Se]c1ccccc1. The van der Waals surface area contributed by atoms with Crippen LogP contribution in [-0.2, 0) is 4.74 Å². The van der Waals surface area contributed by atoms with Gasteiger partial charge < -0.3 is 0 Å². The number of hydrogen-bond donors (Lipinski definition) is 0. The van der Waals surface area contributed by atoms with Gasteiger partial charge in [-0.15, -0.1) is 0 Å². The molecular formula is C14H20OSe. The average molecular weight is 283 g/mol. The zero-order chi connectivity index (χ0) is 11.2. The summed E-state index contributed by atoms with van der Waals surface area (Å²) in [5.74, 6) is 0. The molecule has 1 aliphatic carbocycles. The Labute approximate surface area is 105 Å². The average Bonchev–Trinajstić information content (AvgIpc) is 2.33. The van der Waals surface area contributed by atoms with E-state index in [1.807, 2.05) is 0 Å². The van der Waals surface area contributed by atoms with Gasteiger partial charge in [-0.3, -0.25) is 0 Å². The molecule has 2 atom stereocenters. The Morgan fingerprint density at radius 3 is 2.69 bits per heavy atom. The molecule has 1 fully saturated rings. The molecule has 88 valence electrons. The quantitative estimate of drug-likeness (QED) is 0.772. The summed E-state index contributed by atoms with van der Waals surface area (Å²) in [6.45, 7) is 2.98. The third kappa shape index (κ3) is 3.35. The predicted octanol–water partition coefficient (Wildman–Crippen LogP) is 2.78. The molecule has 0 saturated heterocycles. The van der Waals surface area contributed by atoms with Gasteiger partial charge in [0.25, 0.3) is 0 Å². The number of hydrogen-bond acceptors (Lipinski definition) is 1. The van der Waals surface area contributed by atoms with E-state index in [2.05, 4.69) is 37.3 Å². The maximum absolute atomic E-state index is 5.88. The molecule has 0 unspecified atom stereocenters. The first-order valence-corrected chi connectivity index (χ1v) is 8.08. The second-order valence-corrected chi connectivity index (χ2v) is 7.00. The Morgan fingerprint density at radius 2 is 1.94 bits per heavy atom. The fraction of sp³-hybridized carbons (Fsp3) is 0.571. The van der Waals surface area contributed by atoms with Crippen LogP contribution in [0.15, 0.2) is 30.3 Å². The van der Waals surface area contributed by atoms with Crippen LogP contribution in [0.1, 0.15) is 32.6 Å². The molecule has 0 heterocycles. The van der Waals surface area contributed by atoms with Gasteiger partial charge in [0.1, 0.15) is 0 Å². The molecule has 1 nitrogen and oxygen atoms in total. The van der Waals surface area contributed by atoms with Crippen molar-refractivity contribution >= 4 is 19.4 Å². The van der Waals surface area contributed by atoms with E-state index in [0.29, 0.717) is 21.1 Å². The zero-order valence-electron chi connectivity index (χ0n) is 9.89. The number of rotatable bonds is 4.